The SMILES string of the molecule is CCCCCCCCNC(=O)C=CC(=O)c1ccc(C)c(S)c1. The molecule has 1 amide bonds. The maximum atomic E-state index is 12.0. The van der Waals surface area contributed by atoms with E-state index in [1.807, 2.05) is 13.0 Å². The number of nitrogens with one attached hydrogen (secondary N) is 1. The van der Waals surface area contributed by atoms with Gasteiger partial charge >= 0.3 is 0 Å². The maximum absolute atomic E-state index is 12.0. The predicted octanol–water partition coefficient (Wildman–Crippen LogP) is 4.50. The fraction of sp³-hybridized carbons (Fsp3) is 0.474. The molecule has 23 heavy (non-hydrogen) atoms. The summed E-state index contributed by atoms with van der Waals surface area (Å²) < 4.78 is 0. The summed E-state index contributed by atoms with van der Waals surface area (Å²) in [6.07, 6.45) is 9.75. The van der Waals surface area contributed by atoms with E-state index in [9.17, 15) is 9.59 Å². The Labute approximate surface area is 145 Å². The van der Waals surface area contributed by atoms with E-state index in [1.54, 1.807) is 12.1 Å². The van der Waals surface area contributed by atoms with Crippen LogP contribution in [0.15, 0.2) is 35.2 Å². The molecule has 1 aromatic rings. The van der Waals surface area contributed by atoms with Crippen LogP contribution < -0.4 is 5.32 Å². The molecule has 0 aromatic heterocycles. The normalized spacial score (nSPS) is 10.9. The smallest absolute Gasteiger partial charge is 0.244 e. The quantitative estimate of drug-likeness (QED) is 0.287. The van der Waals surface area contributed by atoms with Crippen molar-refractivity contribution >= 4 is 24.3 Å². The van der Waals surface area contributed by atoms with Gasteiger partial charge in [0.25, 0.3) is 0 Å². The summed E-state index contributed by atoms with van der Waals surface area (Å²) >= 11 is 4.30. The molecule has 0 fully saturated rings. The molecule has 0 atom stereocenters. The molecule has 1 N–H and O–H groups in total. The molecule has 0 heterocycles. The van der Waals surface area contributed by atoms with Gasteiger partial charge in [-0.05, 0) is 31.1 Å². The fourth-order valence-electron chi connectivity index (χ4n) is 2.19. The van der Waals surface area contributed by atoms with Gasteiger partial charge in [0.15, 0.2) is 5.78 Å². The van der Waals surface area contributed by atoms with Gasteiger partial charge in [-0.25, -0.2) is 0 Å². The molecule has 0 aliphatic heterocycles. The van der Waals surface area contributed by atoms with Crippen LogP contribution in [0.1, 0.15) is 61.4 Å². The molecule has 126 valence electrons. The highest BCUT2D eigenvalue weighted by Gasteiger charge is 2.04. The molecule has 0 radical (unpaired) electrons. The molecule has 4 heteroatoms. The number of hydrogen-bond acceptors (Lipinski definition) is 3. The van der Waals surface area contributed by atoms with E-state index in [0.717, 1.165) is 23.3 Å². The number of allylic oxidation sites excluding steroid dienone is 1. The molecule has 1 aromatic carbocycles. The van der Waals surface area contributed by atoms with Crippen LogP contribution in [0.25, 0.3) is 0 Å². The van der Waals surface area contributed by atoms with Crippen LogP contribution in [0, 0.1) is 6.92 Å². The third kappa shape index (κ3) is 8.03. The molecule has 0 aliphatic rings. The van der Waals surface area contributed by atoms with Crippen molar-refractivity contribution in [2.45, 2.75) is 57.3 Å². The second kappa shape index (κ2) is 11.1. The van der Waals surface area contributed by atoms with Gasteiger partial charge in [0.05, 0.1) is 0 Å². The molecule has 0 spiro atoms. The van der Waals surface area contributed by atoms with Crippen molar-refractivity contribution in [3.05, 3.63) is 41.5 Å². The minimum Gasteiger partial charge on any atom is -0.353 e. The Morgan fingerprint density at radius 2 is 1.78 bits per heavy atom. The van der Waals surface area contributed by atoms with Crippen LogP contribution in [0.5, 0.6) is 0 Å². The highest BCUT2D eigenvalue weighted by atomic mass is 32.1. The highest BCUT2D eigenvalue weighted by molar-refractivity contribution is 7.80. The third-order valence-electron chi connectivity index (χ3n) is 3.71. The van der Waals surface area contributed by atoms with Crippen molar-refractivity contribution < 1.29 is 9.59 Å². The summed E-state index contributed by atoms with van der Waals surface area (Å²) in [5, 5.41) is 2.81. The number of aryl methyl sites for hydroxylation is 1. The van der Waals surface area contributed by atoms with Crippen LogP contribution in [0.2, 0.25) is 0 Å². The molecule has 0 unspecified atom stereocenters. The van der Waals surface area contributed by atoms with Crippen molar-refractivity contribution in [3.8, 4) is 0 Å². The van der Waals surface area contributed by atoms with Crippen LogP contribution in [-0.4, -0.2) is 18.2 Å². The summed E-state index contributed by atoms with van der Waals surface area (Å²) in [5.41, 5.74) is 1.56. The van der Waals surface area contributed by atoms with Crippen molar-refractivity contribution in [1.82, 2.24) is 5.32 Å². The van der Waals surface area contributed by atoms with Gasteiger partial charge in [0.2, 0.25) is 5.91 Å². The highest BCUT2D eigenvalue weighted by Crippen LogP contribution is 2.15. The van der Waals surface area contributed by atoms with Crippen LogP contribution in [0.3, 0.4) is 0 Å². The van der Waals surface area contributed by atoms with Gasteiger partial charge < -0.3 is 5.32 Å². The zero-order valence-corrected chi connectivity index (χ0v) is 15.0. The van der Waals surface area contributed by atoms with Gasteiger partial charge in [0, 0.05) is 23.1 Å². The number of carbonyl (C=O) groups excluding carboxylic acids is 2. The molecule has 1 rings (SSSR count). The number of amides is 1. The van der Waals surface area contributed by atoms with Gasteiger partial charge in [0.1, 0.15) is 0 Å². The number of carbonyl (C=O) groups is 2. The Bertz CT molecular complexity index is 552. The molecule has 3 nitrogen and oxygen atoms in total. The molecule has 0 saturated carbocycles. The first-order valence-corrected chi connectivity index (χ1v) is 8.79. The lowest BCUT2D eigenvalue weighted by atomic mass is 10.1. The third-order valence-corrected chi connectivity index (χ3v) is 4.19. The van der Waals surface area contributed by atoms with Crippen molar-refractivity contribution in [3.63, 3.8) is 0 Å². The van der Waals surface area contributed by atoms with E-state index < -0.39 is 0 Å². The van der Waals surface area contributed by atoms with E-state index in [0.29, 0.717) is 12.1 Å². The van der Waals surface area contributed by atoms with Crippen LogP contribution in [0.4, 0.5) is 0 Å². The molecular formula is C19H27NO2S. The number of unbranched alkanes of at least 4 members (excludes halogenated alkanes) is 5. The predicted molar refractivity (Wildman–Crippen MR) is 98.3 cm³/mol. The molecule has 0 bridgehead atoms. The number of ketones is 1. The lowest BCUT2D eigenvalue weighted by Crippen LogP contribution is -2.22. The summed E-state index contributed by atoms with van der Waals surface area (Å²) in [6.45, 7) is 4.79. The van der Waals surface area contributed by atoms with Crippen LogP contribution >= 0.6 is 12.6 Å². The molecule has 0 aliphatic carbocycles. The van der Waals surface area contributed by atoms with Gasteiger partial charge in [-0.2, -0.15) is 0 Å². The minimum absolute atomic E-state index is 0.185. The Morgan fingerprint density at radius 1 is 1.09 bits per heavy atom. The Morgan fingerprint density at radius 3 is 2.48 bits per heavy atom. The Balaban J connectivity index is 2.29. The lowest BCUT2D eigenvalue weighted by molar-refractivity contribution is -0.116. The number of benzene rings is 1. The average Bonchev–Trinajstić information content (AvgIpc) is 2.54. The minimum atomic E-state index is -0.217. The molecule has 0 saturated heterocycles. The van der Waals surface area contributed by atoms with Gasteiger partial charge in [-0.1, -0.05) is 51.2 Å². The van der Waals surface area contributed by atoms with Crippen LogP contribution in [-0.2, 0) is 4.79 Å². The fourth-order valence-corrected chi connectivity index (χ4v) is 2.40. The second-order valence-electron chi connectivity index (χ2n) is 5.76. The van der Waals surface area contributed by atoms with Gasteiger partial charge in [-0.15, -0.1) is 12.6 Å². The second-order valence-corrected chi connectivity index (χ2v) is 6.24. The van der Waals surface area contributed by atoms with Crippen molar-refractivity contribution in [1.29, 1.82) is 0 Å². The van der Waals surface area contributed by atoms with Crippen molar-refractivity contribution in [2.75, 3.05) is 6.54 Å². The summed E-state index contributed by atoms with van der Waals surface area (Å²) in [7, 11) is 0. The number of rotatable bonds is 10. The van der Waals surface area contributed by atoms with Gasteiger partial charge in [-0.3, -0.25) is 9.59 Å². The monoisotopic (exact) mass is 333 g/mol. The first kappa shape index (κ1) is 19.5. The first-order chi connectivity index (χ1) is 11.0. The average molecular weight is 333 g/mol. The Hall–Kier alpha value is -1.55. The van der Waals surface area contributed by atoms with E-state index in [2.05, 4.69) is 24.9 Å². The first-order valence-electron chi connectivity index (χ1n) is 8.34. The summed E-state index contributed by atoms with van der Waals surface area (Å²) in [6, 6.07) is 5.32. The zero-order chi connectivity index (χ0) is 17.1. The summed E-state index contributed by atoms with van der Waals surface area (Å²) in [4.78, 5) is 24.4. The topological polar surface area (TPSA) is 46.2 Å². The van der Waals surface area contributed by atoms with E-state index >= 15 is 0 Å². The zero-order valence-electron chi connectivity index (χ0n) is 14.1. The summed E-state index contributed by atoms with van der Waals surface area (Å²) in [5.74, 6) is -0.403. The Kier molecular flexibility index (Phi) is 9.37. The van der Waals surface area contributed by atoms with E-state index in [4.69, 9.17) is 0 Å². The number of hydrogen-bond donors (Lipinski definition) is 2. The van der Waals surface area contributed by atoms with E-state index in [1.165, 1.54) is 37.8 Å². The maximum Gasteiger partial charge on any atom is 0.244 e. The largest absolute Gasteiger partial charge is 0.353 e. The van der Waals surface area contributed by atoms with E-state index in [-0.39, 0.29) is 11.7 Å². The molecular weight excluding hydrogens is 306 g/mol. The standard InChI is InChI=1S/C19H27NO2S/c1-3-4-5-6-7-8-13-20-19(22)12-11-17(21)16-10-9-15(2)18(23)14-16/h9-12,14,23H,3-8,13H2,1-2H3,(H,20,22). The number of thiol groups is 1. The lowest BCUT2D eigenvalue weighted by Gasteiger charge is -2.03. The van der Waals surface area contributed by atoms with Crippen molar-refractivity contribution in [2.24, 2.45) is 0 Å².